The van der Waals surface area contributed by atoms with Gasteiger partial charge in [0.15, 0.2) is 0 Å². The van der Waals surface area contributed by atoms with E-state index in [-0.39, 0.29) is 23.0 Å². The monoisotopic (exact) mass is 446 g/mol. The second kappa shape index (κ2) is 9.06. The molecule has 1 aromatic carbocycles. The SMILES string of the molecule is O=C(CN1C(=O)S/C(=C\c2cc([N+](=O)[O-])ccc2N2CCOCC2)C1=O)N1CCCC1. The van der Waals surface area contributed by atoms with Gasteiger partial charge >= 0.3 is 0 Å². The Morgan fingerprint density at radius 2 is 1.87 bits per heavy atom. The van der Waals surface area contributed by atoms with E-state index in [0.29, 0.717) is 45.0 Å². The molecule has 10 nitrogen and oxygen atoms in total. The van der Waals surface area contributed by atoms with Crippen LogP contribution in [-0.4, -0.2) is 77.7 Å². The number of rotatable bonds is 5. The van der Waals surface area contributed by atoms with Crippen LogP contribution in [-0.2, 0) is 14.3 Å². The Kier molecular flexibility index (Phi) is 6.23. The van der Waals surface area contributed by atoms with Crippen molar-refractivity contribution in [1.82, 2.24) is 9.80 Å². The van der Waals surface area contributed by atoms with Gasteiger partial charge in [-0.15, -0.1) is 0 Å². The Hall–Kier alpha value is -2.92. The van der Waals surface area contributed by atoms with E-state index in [9.17, 15) is 24.5 Å². The van der Waals surface area contributed by atoms with Crippen LogP contribution >= 0.6 is 11.8 Å². The molecule has 0 spiro atoms. The van der Waals surface area contributed by atoms with Crippen LogP contribution in [0.5, 0.6) is 0 Å². The molecule has 3 amide bonds. The zero-order chi connectivity index (χ0) is 22.0. The summed E-state index contributed by atoms with van der Waals surface area (Å²) >= 11 is 0.746. The number of morpholine rings is 1. The maximum Gasteiger partial charge on any atom is 0.294 e. The highest BCUT2D eigenvalue weighted by Crippen LogP contribution is 2.35. The molecule has 0 atom stereocenters. The Balaban J connectivity index is 1.60. The lowest BCUT2D eigenvalue weighted by Gasteiger charge is -2.30. The second-order valence-corrected chi connectivity index (χ2v) is 8.45. The molecule has 0 aromatic heterocycles. The number of hydrogen-bond donors (Lipinski definition) is 0. The Bertz CT molecular complexity index is 953. The summed E-state index contributed by atoms with van der Waals surface area (Å²) < 4.78 is 5.37. The van der Waals surface area contributed by atoms with Crippen molar-refractivity contribution in [3.63, 3.8) is 0 Å². The number of non-ortho nitro benzene ring substituents is 1. The molecular formula is C20H22N4O6S. The van der Waals surface area contributed by atoms with Gasteiger partial charge in [0.1, 0.15) is 6.54 Å². The fraction of sp³-hybridized carbons (Fsp3) is 0.450. The number of thioether (sulfide) groups is 1. The predicted octanol–water partition coefficient (Wildman–Crippen LogP) is 2.09. The molecule has 0 saturated carbocycles. The summed E-state index contributed by atoms with van der Waals surface area (Å²) in [6.45, 7) is 3.29. The van der Waals surface area contributed by atoms with Gasteiger partial charge < -0.3 is 14.5 Å². The van der Waals surface area contributed by atoms with E-state index < -0.39 is 16.1 Å². The summed E-state index contributed by atoms with van der Waals surface area (Å²) in [5.41, 5.74) is 1.10. The first-order valence-electron chi connectivity index (χ1n) is 10.1. The number of nitrogens with zero attached hydrogens (tertiary/aromatic N) is 4. The minimum Gasteiger partial charge on any atom is -0.378 e. The summed E-state index contributed by atoms with van der Waals surface area (Å²) in [6.07, 6.45) is 3.35. The fourth-order valence-electron chi connectivity index (χ4n) is 3.84. The lowest BCUT2D eigenvalue weighted by molar-refractivity contribution is -0.384. The normalized spacial score (nSPS) is 20.8. The average Bonchev–Trinajstić information content (AvgIpc) is 3.39. The molecule has 3 aliphatic rings. The van der Waals surface area contributed by atoms with Gasteiger partial charge in [-0.25, -0.2) is 0 Å². The third kappa shape index (κ3) is 4.57. The number of anilines is 1. The van der Waals surface area contributed by atoms with Crippen LogP contribution in [0.1, 0.15) is 18.4 Å². The van der Waals surface area contributed by atoms with E-state index in [1.165, 1.54) is 18.2 Å². The van der Waals surface area contributed by atoms with E-state index in [1.807, 2.05) is 4.90 Å². The number of ether oxygens (including phenoxy) is 1. The lowest BCUT2D eigenvalue weighted by Crippen LogP contribution is -2.40. The summed E-state index contributed by atoms with van der Waals surface area (Å²) in [5.74, 6) is -0.799. The van der Waals surface area contributed by atoms with E-state index in [0.717, 1.165) is 35.2 Å². The number of hydrogen-bond acceptors (Lipinski definition) is 8. The topological polar surface area (TPSA) is 113 Å². The molecule has 0 N–H and O–H groups in total. The minimum atomic E-state index is -0.554. The molecule has 3 saturated heterocycles. The number of nitro benzene ring substituents is 1. The Morgan fingerprint density at radius 3 is 2.55 bits per heavy atom. The van der Waals surface area contributed by atoms with Gasteiger partial charge in [-0.1, -0.05) is 0 Å². The van der Waals surface area contributed by atoms with Crippen molar-refractivity contribution < 1.29 is 24.0 Å². The van der Waals surface area contributed by atoms with Gasteiger partial charge in [0, 0.05) is 49.6 Å². The maximum atomic E-state index is 12.9. The van der Waals surface area contributed by atoms with Crippen LogP contribution < -0.4 is 4.90 Å². The first kappa shape index (κ1) is 21.3. The van der Waals surface area contributed by atoms with Crippen molar-refractivity contribution in [2.24, 2.45) is 0 Å². The van der Waals surface area contributed by atoms with Gasteiger partial charge in [0.05, 0.1) is 23.0 Å². The summed E-state index contributed by atoms with van der Waals surface area (Å²) in [5, 5.41) is 10.8. The molecule has 0 unspecified atom stereocenters. The van der Waals surface area contributed by atoms with Gasteiger partial charge in [-0.3, -0.25) is 29.4 Å². The molecular weight excluding hydrogens is 424 g/mol. The van der Waals surface area contributed by atoms with Crippen LogP contribution in [0.25, 0.3) is 6.08 Å². The third-order valence-electron chi connectivity index (χ3n) is 5.49. The largest absolute Gasteiger partial charge is 0.378 e. The standard InChI is InChI=1S/C20H22N4O6S/c25-18(22-5-1-2-6-22)13-23-19(26)17(31-20(23)27)12-14-11-15(24(28)29)3-4-16(14)21-7-9-30-10-8-21/h3-4,11-12H,1-2,5-10,13H2/b17-12-. The van der Waals surface area contributed by atoms with E-state index in [1.54, 1.807) is 11.0 Å². The highest BCUT2D eigenvalue weighted by molar-refractivity contribution is 8.18. The highest BCUT2D eigenvalue weighted by Gasteiger charge is 2.37. The van der Waals surface area contributed by atoms with Gasteiger partial charge in [0.25, 0.3) is 16.8 Å². The quantitative estimate of drug-likeness (QED) is 0.384. The van der Waals surface area contributed by atoms with Crippen LogP contribution in [0.3, 0.4) is 0 Å². The number of amides is 3. The number of carbonyl (C=O) groups is 3. The molecule has 31 heavy (non-hydrogen) atoms. The lowest BCUT2D eigenvalue weighted by atomic mass is 10.1. The molecule has 3 aliphatic heterocycles. The van der Waals surface area contributed by atoms with Gasteiger partial charge in [0.2, 0.25) is 5.91 Å². The predicted molar refractivity (Wildman–Crippen MR) is 115 cm³/mol. The molecule has 0 bridgehead atoms. The maximum absolute atomic E-state index is 12.9. The fourth-order valence-corrected chi connectivity index (χ4v) is 4.67. The molecule has 1 aromatic rings. The number of carbonyl (C=O) groups excluding carboxylic acids is 3. The molecule has 164 valence electrons. The first-order valence-corrected chi connectivity index (χ1v) is 10.9. The summed E-state index contributed by atoms with van der Waals surface area (Å²) in [6, 6.07) is 4.47. The zero-order valence-corrected chi connectivity index (χ0v) is 17.6. The average molecular weight is 446 g/mol. The number of benzene rings is 1. The molecule has 11 heteroatoms. The smallest absolute Gasteiger partial charge is 0.294 e. The molecule has 4 rings (SSSR count). The highest BCUT2D eigenvalue weighted by atomic mass is 32.2. The van der Waals surface area contributed by atoms with Gasteiger partial charge in [-0.05, 0) is 36.7 Å². The molecule has 3 heterocycles. The van der Waals surface area contributed by atoms with Crippen LogP contribution in [0.15, 0.2) is 23.1 Å². The third-order valence-corrected chi connectivity index (χ3v) is 6.39. The van der Waals surface area contributed by atoms with Crippen molar-refractivity contribution in [2.75, 3.05) is 50.8 Å². The first-order chi connectivity index (χ1) is 14.9. The molecule has 0 aliphatic carbocycles. The van der Waals surface area contributed by atoms with Crippen LogP contribution in [0.2, 0.25) is 0 Å². The van der Waals surface area contributed by atoms with Crippen LogP contribution in [0.4, 0.5) is 16.2 Å². The van der Waals surface area contributed by atoms with E-state index >= 15 is 0 Å². The van der Waals surface area contributed by atoms with Crippen molar-refractivity contribution >= 4 is 46.3 Å². The Morgan fingerprint density at radius 1 is 1.16 bits per heavy atom. The molecule has 3 fully saturated rings. The van der Waals surface area contributed by atoms with Gasteiger partial charge in [-0.2, -0.15) is 0 Å². The van der Waals surface area contributed by atoms with E-state index in [2.05, 4.69) is 0 Å². The van der Waals surface area contributed by atoms with Crippen molar-refractivity contribution in [3.05, 3.63) is 38.8 Å². The van der Waals surface area contributed by atoms with Crippen molar-refractivity contribution in [3.8, 4) is 0 Å². The van der Waals surface area contributed by atoms with Crippen LogP contribution in [0, 0.1) is 10.1 Å². The van der Waals surface area contributed by atoms with Crippen molar-refractivity contribution in [1.29, 1.82) is 0 Å². The number of likely N-dealkylation sites (tertiary alicyclic amines) is 1. The number of nitro groups is 1. The number of imide groups is 1. The minimum absolute atomic E-state index is 0.105. The summed E-state index contributed by atoms with van der Waals surface area (Å²) in [4.78, 5) is 53.2. The summed E-state index contributed by atoms with van der Waals surface area (Å²) in [7, 11) is 0. The zero-order valence-electron chi connectivity index (χ0n) is 16.8. The van der Waals surface area contributed by atoms with E-state index in [4.69, 9.17) is 4.74 Å². The van der Waals surface area contributed by atoms with Crippen molar-refractivity contribution in [2.45, 2.75) is 12.8 Å². The Labute approximate surface area is 182 Å². The molecule has 0 radical (unpaired) electrons. The second-order valence-electron chi connectivity index (χ2n) is 7.46.